The fourth-order valence-electron chi connectivity index (χ4n) is 9.46. The number of aromatic nitrogens is 2. The third-order valence-corrected chi connectivity index (χ3v) is 11.4. The van der Waals surface area contributed by atoms with Crippen LogP contribution in [0.2, 0.25) is 5.02 Å². The smallest absolute Gasteiger partial charge is 0.309 e. The Kier molecular flexibility index (Phi) is 7.17. The van der Waals surface area contributed by atoms with Gasteiger partial charge >= 0.3 is 5.97 Å². The van der Waals surface area contributed by atoms with Gasteiger partial charge in [-0.25, -0.2) is 4.98 Å². The molecule has 0 unspecified atom stereocenters. The van der Waals surface area contributed by atoms with Crippen LogP contribution in [0.4, 0.5) is 0 Å². The molecule has 4 fully saturated rings. The monoisotopic (exact) mass is 632 g/mol. The molecule has 236 valence electrons. The lowest BCUT2D eigenvalue weighted by Crippen LogP contribution is -2.49. The first-order valence-corrected chi connectivity index (χ1v) is 17.1. The number of carbonyl (C=O) groups is 1. The highest BCUT2D eigenvalue weighted by molar-refractivity contribution is 6.30. The van der Waals surface area contributed by atoms with E-state index < -0.39 is 11.4 Å². The van der Waals surface area contributed by atoms with Crippen LogP contribution in [0, 0.1) is 23.2 Å². The lowest BCUT2D eigenvalue weighted by Gasteiger charge is -2.57. The number of halogens is 1. The van der Waals surface area contributed by atoms with Crippen LogP contribution in [0.5, 0.6) is 5.75 Å². The van der Waals surface area contributed by atoms with Gasteiger partial charge in [-0.1, -0.05) is 48.0 Å². The molecule has 3 aromatic carbocycles. The van der Waals surface area contributed by atoms with E-state index in [1.54, 1.807) is 0 Å². The maximum atomic E-state index is 12.6. The number of carboxylic acid groups (broad SMARTS) is 1. The summed E-state index contributed by atoms with van der Waals surface area (Å²) < 4.78 is 8.87. The van der Waals surface area contributed by atoms with Gasteiger partial charge in [0.2, 0.25) is 0 Å². The molecule has 4 aliphatic rings. The molecule has 2 heterocycles. The molecule has 4 aliphatic carbocycles. The third kappa shape index (κ3) is 5.27. The Labute approximate surface area is 275 Å². The SMILES string of the molecule is CC(C)(Cc1c(C23CC4CC(CC(C4)C2)C3)c2cc(OCc3ccc4ccccc4n3)ccc2n1Cc1ccc(Cl)cc1)C(=O)O. The van der Waals surface area contributed by atoms with E-state index >= 15 is 0 Å². The third-order valence-electron chi connectivity index (χ3n) is 11.2. The quantitative estimate of drug-likeness (QED) is 0.176. The molecular formula is C40H41ClN2O3. The second-order valence-electron chi connectivity index (χ2n) is 15.1. The predicted molar refractivity (Wildman–Crippen MR) is 184 cm³/mol. The Hall–Kier alpha value is -3.83. The molecule has 0 spiro atoms. The number of benzene rings is 3. The number of para-hydroxylation sites is 1. The van der Waals surface area contributed by atoms with E-state index in [2.05, 4.69) is 47.0 Å². The molecular weight excluding hydrogens is 592 g/mol. The lowest BCUT2D eigenvalue weighted by atomic mass is 9.47. The van der Waals surface area contributed by atoms with Crippen LogP contribution in [-0.4, -0.2) is 20.6 Å². The fourth-order valence-corrected chi connectivity index (χ4v) is 9.59. The first kappa shape index (κ1) is 29.6. The van der Waals surface area contributed by atoms with E-state index in [4.69, 9.17) is 21.3 Å². The summed E-state index contributed by atoms with van der Waals surface area (Å²) >= 11 is 6.27. The maximum Gasteiger partial charge on any atom is 0.309 e. The summed E-state index contributed by atoms with van der Waals surface area (Å²) in [6, 6.07) is 26.8. The molecule has 4 bridgehead atoms. The standard InChI is InChI=1S/C40H41ClN2O3/c1-39(2,38(44)45)22-36-37(40-19-26-15-27(20-40)17-28(16-26)21-40)33-18-32(46-24-31-12-9-29-5-3-4-6-34(29)42-31)13-14-35(33)43(36)23-25-7-10-30(41)11-8-25/h3-14,18,26-28H,15-17,19-24H2,1-2H3,(H,44,45). The van der Waals surface area contributed by atoms with Crippen molar-refractivity contribution in [2.75, 3.05) is 0 Å². The second-order valence-corrected chi connectivity index (χ2v) is 15.5. The van der Waals surface area contributed by atoms with Crippen LogP contribution < -0.4 is 4.74 Å². The summed E-state index contributed by atoms with van der Waals surface area (Å²) in [7, 11) is 0. The highest BCUT2D eigenvalue weighted by Crippen LogP contribution is 2.62. The van der Waals surface area contributed by atoms with E-state index in [1.165, 1.54) is 55.2 Å². The van der Waals surface area contributed by atoms with Crippen LogP contribution in [-0.2, 0) is 29.8 Å². The van der Waals surface area contributed by atoms with Crippen LogP contribution in [0.1, 0.15) is 74.9 Å². The van der Waals surface area contributed by atoms with Gasteiger partial charge in [-0.3, -0.25) is 4.79 Å². The zero-order valence-electron chi connectivity index (χ0n) is 26.6. The van der Waals surface area contributed by atoms with Crippen molar-refractivity contribution >= 4 is 39.4 Å². The van der Waals surface area contributed by atoms with Crippen molar-refractivity contribution in [1.29, 1.82) is 0 Å². The van der Waals surface area contributed by atoms with Crippen LogP contribution in [0.15, 0.2) is 78.9 Å². The minimum Gasteiger partial charge on any atom is -0.487 e. The van der Waals surface area contributed by atoms with E-state index in [0.717, 1.165) is 51.2 Å². The van der Waals surface area contributed by atoms with Crippen LogP contribution in [0.3, 0.4) is 0 Å². The first-order chi connectivity index (χ1) is 22.2. The molecule has 1 N–H and O–H groups in total. The zero-order valence-corrected chi connectivity index (χ0v) is 27.4. The minimum absolute atomic E-state index is 0.0701. The van der Waals surface area contributed by atoms with Crippen molar-refractivity contribution < 1.29 is 14.6 Å². The summed E-state index contributed by atoms with van der Waals surface area (Å²) in [6.45, 7) is 4.78. The van der Waals surface area contributed by atoms with Crippen molar-refractivity contribution in [2.24, 2.45) is 23.2 Å². The minimum atomic E-state index is -0.912. The van der Waals surface area contributed by atoms with Crippen molar-refractivity contribution in [3.8, 4) is 5.75 Å². The summed E-state index contributed by atoms with van der Waals surface area (Å²) in [5, 5.41) is 13.4. The molecule has 0 saturated heterocycles. The highest BCUT2D eigenvalue weighted by Gasteiger charge is 2.53. The van der Waals surface area contributed by atoms with Crippen molar-refractivity contribution in [1.82, 2.24) is 9.55 Å². The molecule has 2 aromatic heterocycles. The van der Waals surface area contributed by atoms with Gasteiger partial charge in [-0.2, -0.15) is 0 Å². The molecule has 0 aliphatic heterocycles. The van der Waals surface area contributed by atoms with Gasteiger partial charge in [0.25, 0.3) is 0 Å². The Morgan fingerprint density at radius 2 is 1.65 bits per heavy atom. The molecule has 0 radical (unpaired) electrons. The number of fused-ring (bicyclic) bond motifs is 2. The maximum absolute atomic E-state index is 12.6. The van der Waals surface area contributed by atoms with Gasteiger partial charge in [0.05, 0.1) is 16.6 Å². The Morgan fingerprint density at radius 3 is 2.35 bits per heavy atom. The van der Waals surface area contributed by atoms with Crippen molar-refractivity contribution in [2.45, 2.75) is 77.4 Å². The van der Waals surface area contributed by atoms with Gasteiger partial charge in [-0.15, -0.1) is 0 Å². The van der Waals surface area contributed by atoms with Gasteiger partial charge in [0, 0.05) is 40.0 Å². The second kappa shape index (κ2) is 11.2. The van der Waals surface area contributed by atoms with Gasteiger partial charge in [0.15, 0.2) is 0 Å². The number of hydrogen-bond acceptors (Lipinski definition) is 3. The molecule has 5 nitrogen and oxygen atoms in total. The number of aliphatic carboxylic acids is 1. The fraction of sp³-hybridized carbons (Fsp3) is 0.400. The molecule has 0 amide bonds. The number of carboxylic acids is 1. The Morgan fingerprint density at radius 1 is 0.957 bits per heavy atom. The normalized spacial score (nSPS) is 23.8. The highest BCUT2D eigenvalue weighted by atomic mass is 35.5. The summed E-state index contributed by atoms with van der Waals surface area (Å²) in [5.74, 6) is 2.35. The topological polar surface area (TPSA) is 64.4 Å². The van der Waals surface area contributed by atoms with E-state index in [-0.39, 0.29) is 5.41 Å². The largest absolute Gasteiger partial charge is 0.487 e. The van der Waals surface area contributed by atoms with Gasteiger partial charge < -0.3 is 14.4 Å². The van der Waals surface area contributed by atoms with Crippen molar-refractivity contribution in [3.05, 3.63) is 106 Å². The van der Waals surface area contributed by atoms with E-state index in [9.17, 15) is 9.90 Å². The average molecular weight is 633 g/mol. The Bertz CT molecular complexity index is 1920. The summed E-state index contributed by atoms with van der Waals surface area (Å²) in [6.07, 6.45) is 8.13. The Balaban J connectivity index is 1.27. The zero-order chi connectivity index (χ0) is 31.6. The molecule has 46 heavy (non-hydrogen) atoms. The molecule has 4 saturated carbocycles. The number of rotatable bonds is 9. The lowest BCUT2D eigenvalue weighted by molar-refractivity contribution is -0.146. The molecule has 0 atom stereocenters. The average Bonchev–Trinajstić information content (AvgIpc) is 3.32. The van der Waals surface area contributed by atoms with Gasteiger partial charge in [-0.05, 0) is 129 Å². The van der Waals surface area contributed by atoms with Crippen molar-refractivity contribution in [3.63, 3.8) is 0 Å². The predicted octanol–water partition coefficient (Wildman–Crippen LogP) is 9.59. The van der Waals surface area contributed by atoms with E-state index in [0.29, 0.717) is 24.6 Å². The summed E-state index contributed by atoms with van der Waals surface area (Å²) in [5.41, 5.74) is 5.87. The number of hydrogen-bond donors (Lipinski definition) is 1. The van der Waals surface area contributed by atoms with Crippen LogP contribution >= 0.6 is 11.6 Å². The van der Waals surface area contributed by atoms with E-state index in [1.807, 2.05) is 50.2 Å². The van der Waals surface area contributed by atoms with Gasteiger partial charge in [0.1, 0.15) is 12.4 Å². The first-order valence-electron chi connectivity index (χ1n) is 16.8. The number of nitrogens with zero attached hydrogens (tertiary/aromatic N) is 2. The molecule has 9 rings (SSSR count). The summed E-state index contributed by atoms with van der Waals surface area (Å²) in [4.78, 5) is 17.4. The van der Waals surface area contributed by atoms with Crippen LogP contribution in [0.25, 0.3) is 21.8 Å². The number of pyridine rings is 1. The number of ether oxygens (including phenoxy) is 1. The molecule has 5 aromatic rings. The molecule has 6 heteroatoms.